The number of allylic oxidation sites excluding steroid dienone is 1. The predicted octanol–water partition coefficient (Wildman–Crippen LogP) is 3.72. The van der Waals surface area contributed by atoms with E-state index >= 15 is 0 Å². The summed E-state index contributed by atoms with van der Waals surface area (Å²) in [7, 11) is 1.64. The van der Waals surface area contributed by atoms with E-state index in [2.05, 4.69) is 0 Å². The van der Waals surface area contributed by atoms with Crippen molar-refractivity contribution < 1.29 is 9.53 Å². The minimum Gasteiger partial charge on any atom is -0.497 e. The van der Waals surface area contributed by atoms with Gasteiger partial charge in [0, 0.05) is 0 Å². The summed E-state index contributed by atoms with van der Waals surface area (Å²) in [5.74, 6) is 0.841. The van der Waals surface area contributed by atoms with Crippen molar-refractivity contribution in [3.63, 3.8) is 0 Å². The van der Waals surface area contributed by atoms with E-state index < -0.39 is 0 Å². The highest BCUT2D eigenvalue weighted by Gasteiger charge is 2.06. The van der Waals surface area contributed by atoms with Crippen LogP contribution in [0.3, 0.4) is 0 Å². The zero-order chi connectivity index (χ0) is 13.7. The first-order chi connectivity index (χ1) is 9.20. The molecule has 0 aliphatic rings. The van der Waals surface area contributed by atoms with Crippen LogP contribution < -0.4 is 4.74 Å². The second-order valence-corrected chi connectivity index (χ2v) is 4.26. The predicted molar refractivity (Wildman–Crippen MR) is 77.2 cm³/mol. The lowest BCUT2D eigenvalue weighted by Gasteiger charge is -2.09. The topological polar surface area (TPSA) is 26.3 Å². The second-order valence-electron chi connectivity index (χ2n) is 4.26. The van der Waals surface area contributed by atoms with Crippen LogP contribution in [-0.4, -0.2) is 12.9 Å². The fraction of sp³-hybridized carbons (Fsp3) is 0.118. The summed E-state index contributed by atoms with van der Waals surface area (Å²) >= 11 is 0. The summed E-state index contributed by atoms with van der Waals surface area (Å²) < 4.78 is 5.15. The van der Waals surface area contributed by atoms with E-state index in [-0.39, 0.29) is 5.78 Å². The molecule has 0 aliphatic carbocycles. The van der Waals surface area contributed by atoms with Crippen molar-refractivity contribution in [2.75, 3.05) is 7.11 Å². The molecule has 0 N–H and O–H groups in total. The molecule has 0 atom stereocenters. The number of ketones is 1. The average molecular weight is 252 g/mol. The first-order valence-electron chi connectivity index (χ1n) is 6.13. The van der Waals surface area contributed by atoms with E-state index in [1.807, 2.05) is 54.6 Å². The van der Waals surface area contributed by atoms with Gasteiger partial charge in [0.05, 0.1) is 7.11 Å². The van der Waals surface area contributed by atoms with E-state index in [0.29, 0.717) is 0 Å². The molecule has 0 saturated carbocycles. The van der Waals surface area contributed by atoms with E-state index in [0.717, 1.165) is 22.4 Å². The number of hydrogen-bond donors (Lipinski definition) is 0. The van der Waals surface area contributed by atoms with E-state index in [1.54, 1.807) is 20.1 Å². The van der Waals surface area contributed by atoms with Gasteiger partial charge in [-0.05, 0) is 41.8 Å². The SMILES string of the molecule is COc1ccc(C(=CC(C)=O)c2ccccc2)cc1. The lowest BCUT2D eigenvalue weighted by Crippen LogP contribution is -1.92. The normalized spacial score (nSPS) is 11.2. The Kier molecular flexibility index (Phi) is 4.14. The standard InChI is InChI=1S/C17H16O2/c1-13(18)12-17(14-6-4-3-5-7-14)15-8-10-16(19-2)11-9-15/h3-12H,1-2H3. The van der Waals surface area contributed by atoms with Crippen molar-refractivity contribution in [3.05, 3.63) is 71.8 Å². The average Bonchev–Trinajstić information content (AvgIpc) is 2.46. The summed E-state index contributed by atoms with van der Waals surface area (Å²) in [4.78, 5) is 11.4. The van der Waals surface area contributed by atoms with Crippen LogP contribution in [0.25, 0.3) is 5.57 Å². The molecular formula is C17H16O2. The number of methoxy groups -OCH3 is 1. The summed E-state index contributed by atoms with van der Waals surface area (Å²) in [6.07, 6.45) is 1.66. The lowest BCUT2D eigenvalue weighted by molar-refractivity contribution is -0.112. The Morgan fingerprint density at radius 3 is 2.05 bits per heavy atom. The van der Waals surface area contributed by atoms with Gasteiger partial charge < -0.3 is 4.74 Å². The number of benzene rings is 2. The van der Waals surface area contributed by atoms with E-state index in [9.17, 15) is 4.79 Å². The molecule has 2 aromatic rings. The second kappa shape index (κ2) is 6.01. The van der Waals surface area contributed by atoms with Crippen LogP contribution in [0, 0.1) is 0 Å². The van der Waals surface area contributed by atoms with Gasteiger partial charge in [-0.15, -0.1) is 0 Å². The minimum absolute atomic E-state index is 0.0367. The highest BCUT2D eigenvalue weighted by Crippen LogP contribution is 2.25. The first-order valence-corrected chi connectivity index (χ1v) is 6.13. The fourth-order valence-corrected chi connectivity index (χ4v) is 1.92. The molecule has 0 unspecified atom stereocenters. The monoisotopic (exact) mass is 252 g/mol. The quantitative estimate of drug-likeness (QED) is 0.775. The summed E-state index contributed by atoms with van der Waals surface area (Å²) in [5, 5.41) is 0. The lowest BCUT2D eigenvalue weighted by atomic mass is 9.97. The third-order valence-electron chi connectivity index (χ3n) is 2.83. The number of rotatable bonds is 4. The number of hydrogen-bond acceptors (Lipinski definition) is 2. The van der Waals surface area contributed by atoms with Gasteiger partial charge in [0.2, 0.25) is 0 Å². The molecule has 0 amide bonds. The molecule has 0 fully saturated rings. The maximum atomic E-state index is 11.4. The van der Waals surface area contributed by atoms with Gasteiger partial charge in [0.1, 0.15) is 5.75 Å². The largest absolute Gasteiger partial charge is 0.497 e. The molecule has 0 spiro atoms. The van der Waals surface area contributed by atoms with Crippen LogP contribution in [0.5, 0.6) is 5.75 Å². The van der Waals surface area contributed by atoms with E-state index in [4.69, 9.17) is 4.74 Å². The third-order valence-corrected chi connectivity index (χ3v) is 2.83. The Morgan fingerprint density at radius 2 is 1.53 bits per heavy atom. The van der Waals surface area contributed by atoms with Gasteiger partial charge in [0.15, 0.2) is 5.78 Å². The molecule has 0 heterocycles. The van der Waals surface area contributed by atoms with Crippen LogP contribution in [0.1, 0.15) is 18.1 Å². The van der Waals surface area contributed by atoms with E-state index in [1.165, 1.54) is 0 Å². The molecule has 2 nitrogen and oxygen atoms in total. The Labute approximate surface area is 113 Å². The molecule has 2 rings (SSSR count). The third kappa shape index (κ3) is 3.32. The molecule has 96 valence electrons. The van der Waals surface area contributed by atoms with Crippen LogP contribution in [-0.2, 0) is 4.79 Å². The Morgan fingerprint density at radius 1 is 0.947 bits per heavy atom. The minimum atomic E-state index is 0.0367. The summed E-state index contributed by atoms with van der Waals surface area (Å²) in [5.41, 5.74) is 2.96. The van der Waals surface area contributed by atoms with Gasteiger partial charge in [-0.3, -0.25) is 4.79 Å². The van der Waals surface area contributed by atoms with Crippen LogP contribution >= 0.6 is 0 Å². The maximum absolute atomic E-state index is 11.4. The molecule has 19 heavy (non-hydrogen) atoms. The number of carbonyl (C=O) groups excluding carboxylic acids is 1. The molecule has 2 aromatic carbocycles. The molecule has 0 saturated heterocycles. The smallest absolute Gasteiger partial charge is 0.153 e. The van der Waals surface area contributed by atoms with Crippen molar-refractivity contribution in [2.45, 2.75) is 6.92 Å². The van der Waals surface area contributed by atoms with Gasteiger partial charge in [-0.25, -0.2) is 0 Å². The Bertz CT molecular complexity index is 580. The van der Waals surface area contributed by atoms with Crippen LogP contribution in [0.2, 0.25) is 0 Å². The Hall–Kier alpha value is -2.35. The van der Waals surface area contributed by atoms with Crippen LogP contribution in [0.15, 0.2) is 60.7 Å². The molecule has 0 bridgehead atoms. The zero-order valence-corrected chi connectivity index (χ0v) is 11.1. The maximum Gasteiger partial charge on any atom is 0.153 e. The summed E-state index contributed by atoms with van der Waals surface area (Å²) in [6, 6.07) is 17.6. The molecule has 0 aromatic heterocycles. The van der Waals surface area contributed by atoms with Crippen molar-refractivity contribution in [2.24, 2.45) is 0 Å². The van der Waals surface area contributed by atoms with Crippen LogP contribution in [0.4, 0.5) is 0 Å². The van der Waals surface area contributed by atoms with Gasteiger partial charge in [0.25, 0.3) is 0 Å². The molecule has 0 radical (unpaired) electrons. The Balaban J connectivity index is 2.46. The highest BCUT2D eigenvalue weighted by molar-refractivity contribution is 5.99. The van der Waals surface area contributed by atoms with Crippen molar-refractivity contribution in [1.82, 2.24) is 0 Å². The van der Waals surface area contributed by atoms with Crippen molar-refractivity contribution >= 4 is 11.4 Å². The fourth-order valence-electron chi connectivity index (χ4n) is 1.92. The van der Waals surface area contributed by atoms with Gasteiger partial charge >= 0.3 is 0 Å². The first kappa shape index (κ1) is 13.1. The number of ether oxygens (including phenoxy) is 1. The van der Waals surface area contributed by atoms with Crippen molar-refractivity contribution in [3.8, 4) is 5.75 Å². The molecular weight excluding hydrogens is 236 g/mol. The zero-order valence-electron chi connectivity index (χ0n) is 11.1. The van der Waals surface area contributed by atoms with Crippen molar-refractivity contribution in [1.29, 1.82) is 0 Å². The molecule has 2 heteroatoms. The van der Waals surface area contributed by atoms with Gasteiger partial charge in [-0.1, -0.05) is 42.5 Å². The summed E-state index contributed by atoms with van der Waals surface area (Å²) in [6.45, 7) is 1.56. The highest BCUT2D eigenvalue weighted by atomic mass is 16.5. The molecule has 0 aliphatic heterocycles. The van der Waals surface area contributed by atoms with Gasteiger partial charge in [-0.2, -0.15) is 0 Å². The number of carbonyl (C=O) groups is 1.